The van der Waals surface area contributed by atoms with E-state index in [-0.39, 0.29) is 0 Å². The van der Waals surface area contributed by atoms with Crippen molar-refractivity contribution < 1.29 is 4.80 Å². The van der Waals surface area contributed by atoms with E-state index in [1.807, 2.05) is 0 Å². The lowest BCUT2D eigenvalue weighted by Gasteiger charge is -2.39. The lowest BCUT2D eigenvalue weighted by Crippen LogP contribution is -2.44. The van der Waals surface area contributed by atoms with Gasteiger partial charge in [-0.3, -0.25) is 0 Å². The molecule has 0 aliphatic heterocycles. The van der Waals surface area contributed by atoms with Crippen molar-refractivity contribution in [2.24, 2.45) is 0 Å². The molecule has 0 radical (unpaired) electrons. The van der Waals surface area contributed by atoms with E-state index >= 15 is 0 Å². The standard InChI is InChI=1S/C10H24Si.C9H22OSi/c1-8(2)11(7,9(3)4)10(5)6;1-7(2)11(10,8(3)4)9(5)6/h8-10H,1-7H3;7-10H,1-6H3. The van der Waals surface area contributed by atoms with Gasteiger partial charge in [0.05, 0.1) is 8.07 Å². The third kappa shape index (κ3) is 5.79. The van der Waals surface area contributed by atoms with Gasteiger partial charge in [0, 0.05) is 0 Å². The number of hydrogen-bond donors (Lipinski definition) is 1. The van der Waals surface area contributed by atoms with Crippen LogP contribution < -0.4 is 0 Å². The second-order valence-corrected chi connectivity index (χ2v) is 20.6. The molecular weight excluding hydrogens is 300 g/mol. The predicted octanol–water partition coefficient (Wildman–Crippen LogP) is 7.45. The molecule has 0 bridgehead atoms. The topological polar surface area (TPSA) is 20.2 Å². The van der Waals surface area contributed by atoms with Gasteiger partial charge >= 0.3 is 0 Å². The Balaban J connectivity index is 0. The highest BCUT2D eigenvalue weighted by Crippen LogP contribution is 2.41. The van der Waals surface area contributed by atoms with E-state index in [1.54, 1.807) is 0 Å². The first-order valence-electron chi connectivity index (χ1n) is 9.38. The molecule has 0 unspecified atom stereocenters. The van der Waals surface area contributed by atoms with Crippen LogP contribution in [0.5, 0.6) is 0 Å². The van der Waals surface area contributed by atoms with Gasteiger partial charge in [-0.25, -0.2) is 0 Å². The average molecular weight is 347 g/mol. The molecule has 0 heterocycles. The molecule has 0 aromatic rings. The van der Waals surface area contributed by atoms with E-state index in [9.17, 15) is 4.80 Å². The normalized spacial score (nSPS) is 13.6. The fourth-order valence-corrected chi connectivity index (χ4v) is 12.0. The summed E-state index contributed by atoms with van der Waals surface area (Å²) in [7, 11) is -2.96. The molecule has 22 heavy (non-hydrogen) atoms. The Hall–Kier alpha value is 0.394. The lowest BCUT2D eigenvalue weighted by molar-refractivity contribution is 0.474. The fraction of sp³-hybridized carbons (Fsp3) is 1.00. The maximum Gasteiger partial charge on any atom is 0.196 e. The second kappa shape index (κ2) is 9.63. The van der Waals surface area contributed by atoms with E-state index in [1.165, 1.54) is 0 Å². The summed E-state index contributed by atoms with van der Waals surface area (Å²) in [4.78, 5) is 10.4. The molecule has 1 N–H and O–H groups in total. The Kier molecular flexibility index (Phi) is 10.8. The molecule has 0 aromatic carbocycles. The van der Waals surface area contributed by atoms with E-state index in [0.717, 1.165) is 16.6 Å². The van der Waals surface area contributed by atoms with Crippen molar-refractivity contribution in [1.82, 2.24) is 0 Å². The van der Waals surface area contributed by atoms with Gasteiger partial charge in [-0.15, -0.1) is 0 Å². The molecule has 0 aliphatic rings. The smallest absolute Gasteiger partial charge is 0.196 e. The molecule has 0 aromatic heterocycles. The van der Waals surface area contributed by atoms with Crippen LogP contribution in [0, 0.1) is 0 Å². The van der Waals surface area contributed by atoms with Gasteiger partial charge in [-0.2, -0.15) is 0 Å². The van der Waals surface area contributed by atoms with Crippen molar-refractivity contribution in [3.63, 3.8) is 0 Å². The second-order valence-electron chi connectivity index (χ2n) is 9.18. The van der Waals surface area contributed by atoms with Crippen molar-refractivity contribution in [1.29, 1.82) is 0 Å². The van der Waals surface area contributed by atoms with Crippen LogP contribution in [0.2, 0.25) is 39.8 Å². The van der Waals surface area contributed by atoms with Crippen molar-refractivity contribution in [3.8, 4) is 0 Å². The SMILES string of the molecule is CC(C)[Si](C)(C(C)C)C(C)C.CC(C)[Si](O)(C(C)C)C(C)C. The summed E-state index contributed by atoms with van der Waals surface area (Å²) in [5, 5.41) is 0. The number of hydrogen-bond acceptors (Lipinski definition) is 1. The summed E-state index contributed by atoms with van der Waals surface area (Å²) >= 11 is 0. The molecule has 136 valence electrons. The van der Waals surface area contributed by atoms with Gasteiger partial charge in [-0.1, -0.05) is 106 Å². The van der Waals surface area contributed by atoms with E-state index < -0.39 is 16.4 Å². The van der Waals surface area contributed by atoms with Crippen LogP contribution in [0.15, 0.2) is 0 Å². The van der Waals surface area contributed by atoms with E-state index in [4.69, 9.17) is 0 Å². The van der Waals surface area contributed by atoms with Crippen molar-refractivity contribution in [2.75, 3.05) is 0 Å². The summed E-state index contributed by atoms with van der Waals surface area (Å²) in [6.07, 6.45) is 0. The molecule has 0 atom stereocenters. The van der Waals surface area contributed by atoms with Crippen LogP contribution >= 0.6 is 0 Å². The summed E-state index contributed by atoms with van der Waals surface area (Å²) in [5.74, 6) is 0. The minimum Gasteiger partial charge on any atom is -0.431 e. The molecule has 0 saturated heterocycles. The van der Waals surface area contributed by atoms with Crippen molar-refractivity contribution >= 4 is 16.4 Å². The monoisotopic (exact) mass is 346 g/mol. The molecule has 0 spiro atoms. The predicted molar refractivity (Wildman–Crippen MR) is 110 cm³/mol. The summed E-state index contributed by atoms with van der Waals surface area (Å²) in [6.45, 7) is 29.8. The highest BCUT2D eigenvalue weighted by Gasteiger charge is 2.41. The lowest BCUT2D eigenvalue weighted by atomic mass is 10.5. The Morgan fingerprint density at radius 2 is 0.636 bits per heavy atom. The zero-order chi connectivity index (χ0) is 18.5. The van der Waals surface area contributed by atoms with Gasteiger partial charge in [0.2, 0.25) is 0 Å². The maximum absolute atomic E-state index is 10.4. The largest absolute Gasteiger partial charge is 0.431 e. The van der Waals surface area contributed by atoms with Gasteiger partial charge < -0.3 is 4.80 Å². The molecule has 0 rings (SSSR count). The summed E-state index contributed by atoms with van der Waals surface area (Å²) in [6, 6.07) is 0. The van der Waals surface area contributed by atoms with Gasteiger partial charge in [0.1, 0.15) is 0 Å². The van der Waals surface area contributed by atoms with Gasteiger partial charge in [0.25, 0.3) is 0 Å². The minimum atomic E-state index is -1.98. The Bertz CT molecular complexity index is 220. The first-order valence-corrected chi connectivity index (χ1v) is 14.3. The molecule has 3 heteroatoms. The third-order valence-corrected chi connectivity index (χ3v) is 19.5. The van der Waals surface area contributed by atoms with Crippen molar-refractivity contribution in [2.45, 2.75) is 123 Å². The summed E-state index contributed by atoms with van der Waals surface area (Å²) in [5.41, 5.74) is 4.18. The van der Waals surface area contributed by atoms with Crippen molar-refractivity contribution in [3.05, 3.63) is 0 Å². The Morgan fingerprint density at radius 3 is 0.636 bits per heavy atom. The maximum atomic E-state index is 10.4. The van der Waals surface area contributed by atoms with Gasteiger partial charge in [0.15, 0.2) is 8.32 Å². The highest BCUT2D eigenvalue weighted by molar-refractivity contribution is 6.82. The van der Waals surface area contributed by atoms with E-state index in [0.29, 0.717) is 16.6 Å². The quantitative estimate of drug-likeness (QED) is 0.495. The molecule has 0 amide bonds. The Morgan fingerprint density at radius 1 is 0.455 bits per heavy atom. The van der Waals surface area contributed by atoms with Crippen LogP contribution in [0.1, 0.15) is 83.1 Å². The average Bonchev–Trinajstić information content (AvgIpc) is 2.35. The first-order chi connectivity index (χ1) is 9.66. The molecule has 0 fully saturated rings. The van der Waals surface area contributed by atoms with Crippen LogP contribution in [0.25, 0.3) is 0 Å². The van der Waals surface area contributed by atoms with Crippen LogP contribution in [0.3, 0.4) is 0 Å². The fourth-order valence-electron chi connectivity index (χ4n) is 4.00. The van der Waals surface area contributed by atoms with Crippen LogP contribution in [0.4, 0.5) is 0 Å². The molecule has 0 aliphatic carbocycles. The third-order valence-electron chi connectivity index (χ3n) is 6.51. The summed E-state index contributed by atoms with van der Waals surface area (Å²) < 4.78 is 0. The Labute approximate surface area is 144 Å². The zero-order valence-electron chi connectivity index (χ0n) is 17.9. The van der Waals surface area contributed by atoms with Crippen LogP contribution in [-0.2, 0) is 0 Å². The van der Waals surface area contributed by atoms with Gasteiger partial charge in [-0.05, 0) is 16.6 Å². The molecule has 0 saturated carbocycles. The van der Waals surface area contributed by atoms with E-state index in [2.05, 4.69) is 89.6 Å². The minimum absolute atomic E-state index is 0.475. The molecule has 1 nitrogen and oxygen atoms in total. The highest BCUT2D eigenvalue weighted by atomic mass is 28.4. The molecular formula is C19H46OSi2. The van der Waals surface area contributed by atoms with Crippen LogP contribution in [-0.4, -0.2) is 21.2 Å². The zero-order valence-corrected chi connectivity index (χ0v) is 19.9. The first kappa shape index (κ1) is 24.6. The number of rotatable bonds is 6.